The molecule has 1 heterocycles. The Labute approximate surface area is 73.3 Å². The van der Waals surface area contributed by atoms with Gasteiger partial charge in [0.2, 0.25) is 5.91 Å². The molecule has 62 valence electrons. The van der Waals surface area contributed by atoms with Gasteiger partial charge in [-0.2, -0.15) is 0 Å². The Kier molecular flexibility index (Phi) is 1.54. The summed E-state index contributed by atoms with van der Waals surface area (Å²) in [6, 6.07) is 4.06. The highest BCUT2D eigenvalue weighted by Gasteiger charge is 2.28. The van der Waals surface area contributed by atoms with E-state index in [1.54, 1.807) is 0 Å². The quantitative estimate of drug-likeness (QED) is 0.616. The van der Waals surface area contributed by atoms with Gasteiger partial charge in [0.25, 0.3) is 0 Å². The first-order chi connectivity index (χ1) is 5.68. The van der Waals surface area contributed by atoms with E-state index in [1.807, 2.05) is 0 Å². The summed E-state index contributed by atoms with van der Waals surface area (Å²) in [6.45, 7) is 0. The molecule has 0 spiro atoms. The largest absolute Gasteiger partial charge is 0.324 e. The van der Waals surface area contributed by atoms with Gasteiger partial charge in [-0.1, -0.05) is 6.07 Å². The first-order valence-corrected chi connectivity index (χ1v) is 3.86. The van der Waals surface area contributed by atoms with Crippen molar-refractivity contribution < 1.29 is 9.18 Å². The average molecular weight is 186 g/mol. The van der Waals surface area contributed by atoms with Crippen LogP contribution in [0.4, 0.5) is 10.1 Å². The van der Waals surface area contributed by atoms with Crippen LogP contribution in [0.1, 0.15) is 10.9 Å². The second kappa shape index (κ2) is 2.45. The van der Waals surface area contributed by atoms with Crippen molar-refractivity contribution in [2.45, 2.75) is 5.38 Å². The van der Waals surface area contributed by atoms with Crippen LogP contribution in [0.3, 0.4) is 0 Å². The van der Waals surface area contributed by atoms with E-state index in [0.717, 1.165) is 0 Å². The summed E-state index contributed by atoms with van der Waals surface area (Å²) in [5, 5.41) is 1.80. The van der Waals surface area contributed by atoms with Crippen LogP contribution in [-0.2, 0) is 4.79 Å². The van der Waals surface area contributed by atoms with Crippen molar-refractivity contribution in [2.24, 2.45) is 0 Å². The molecule has 12 heavy (non-hydrogen) atoms. The van der Waals surface area contributed by atoms with Crippen LogP contribution < -0.4 is 5.32 Å². The fraction of sp³-hybridized carbons (Fsp3) is 0.125. The second-order valence-corrected chi connectivity index (χ2v) is 3.02. The summed E-state index contributed by atoms with van der Waals surface area (Å²) >= 11 is 5.71. The fourth-order valence-corrected chi connectivity index (χ4v) is 1.44. The van der Waals surface area contributed by atoms with Gasteiger partial charge in [-0.25, -0.2) is 4.39 Å². The zero-order chi connectivity index (χ0) is 8.72. The van der Waals surface area contributed by atoms with Gasteiger partial charge in [0.1, 0.15) is 11.2 Å². The number of nitrogens with one attached hydrogen (secondary N) is 1. The van der Waals surface area contributed by atoms with Gasteiger partial charge in [0.15, 0.2) is 0 Å². The topological polar surface area (TPSA) is 29.1 Å². The van der Waals surface area contributed by atoms with E-state index in [2.05, 4.69) is 5.32 Å². The monoisotopic (exact) mass is 185 g/mol. The lowest BCUT2D eigenvalue weighted by atomic mass is 10.1. The number of halogens is 2. The number of hydrogen-bond donors (Lipinski definition) is 1. The van der Waals surface area contributed by atoms with Crippen LogP contribution in [-0.4, -0.2) is 5.91 Å². The van der Waals surface area contributed by atoms with Crippen molar-refractivity contribution in [3.05, 3.63) is 29.6 Å². The summed E-state index contributed by atoms with van der Waals surface area (Å²) in [6.07, 6.45) is 0. The first kappa shape index (κ1) is 7.55. The third-order valence-corrected chi connectivity index (χ3v) is 2.21. The van der Waals surface area contributed by atoms with E-state index in [9.17, 15) is 9.18 Å². The Morgan fingerprint density at radius 3 is 3.00 bits per heavy atom. The SMILES string of the molecule is O=C1Nc2cc(F)ccc2C1Cl. The minimum Gasteiger partial charge on any atom is -0.324 e. The Bertz CT molecular complexity index is 353. The summed E-state index contributed by atoms with van der Waals surface area (Å²) in [7, 11) is 0. The molecule has 0 radical (unpaired) electrons. The number of fused-ring (bicyclic) bond motifs is 1. The minimum atomic E-state index is -0.680. The van der Waals surface area contributed by atoms with E-state index >= 15 is 0 Å². The molecule has 1 amide bonds. The molecule has 0 saturated carbocycles. The Hall–Kier alpha value is -1.09. The number of rotatable bonds is 0. The van der Waals surface area contributed by atoms with E-state index in [-0.39, 0.29) is 11.7 Å². The number of carbonyl (C=O) groups is 1. The maximum Gasteiger partial charge on any atom is 0.247 e. The van der Waals surface area contributed by atoms with E-state index in [1.165, 1.54) is 18.2 Å². The highest BCUT2D eigenvalue weighted by molar-refractivity contribution is 6.35. The van der Waals surface area contributed by atoms with Crippen molar-refractivity contribution in [1.82, 2.24) is 0 Å². The van der Waals surface area contributed by atoms with E-state index < -0.39 is 5.38 Å². The Balaban J connectivity index is 2.54. The molecule has 0 saturated heterocycles. The average Bonchev–Trinajstić information content (AvgIpc) is 2.28. The number of anilines is 1. The second-order valence-electron chi connectivity index (χ2n) is 2.58. The molecule has 4 heteroatoms. The summed E-state index contributed by atoms with van der Waals surface area (Å²) in [5.74, 6) is -0.669. The van der Waals surface area contributed by atoms with Crippen molar-refractivity contribution in [3.63, 3.8) is 0 Å². The van der Waals surface area contributed by atoms with E-state index in [4.69, 9.17) is 11.6 Å². The summed E-state index contributed by atoms with van der Waals surface area (Å²) in [5.41, 5.74) is 1.11. The molecule has 1 aliphatic heterocycles. The molecule has 1 aromatic rings. The number of benzene rings is 1. The van der Waals surface area contributed by atoms with Crippen molar-refractivity contribution in [2.75, 3.05) is 5.32 Å². The van der Waals surface area contributed by atoms with E-state index in [0.29, 0.717) is 11.3 Å². The fourth-order valence-electron chi connectivity index (χ4n) is 1.20. The zero-order valence-electron chi connectivity index (χ0n) is 5.97. The lowest BCUT2D eigenvalue weighted by Gasteiger charge is -1.97. The number of alkyl halides is 1. The molecular formula is C8H5ClFNO. The summed E-state index contributed by atoms with van der Waals surface area (Å²) < 4.78 is 12.6. The predicted octanol–water partition coefficient (Wildman–Crippen LogP) is 2.06. The lowest BCUT2D eigenvalue weighted by molar-refractivity contribution is -0.115. The van der Waals surface area contributed by atoms with Crippen LogP contribution in [0.5, 0.6) is 0 Å². The molecule has 0 aromatic heterocycles. The van der Waals surface area contributed by atoms with Crippen molar-refractivity contribution in [3.8, 4) is 0 Å². The van der Waals surface area contributed by atoms with Crippen LogP contribution >= 0.6 is 11.6 Å². The third-order valence-electron chi connectivity index (χ3n) is 1.78. The maximum atomic E-state index is 12.6. The molecule has 1 aromatic carbocycles. The third kappa shape index (κ3) is 0.975. The predicted molar refractivity (Wildman–Crippen MR) is 43.6 cm³/mol. The molecule has 1 atom stereocenters. The molecule has 1 aliphatic rings. The van der Waals surface area contributed by atoms with Gasteiger partial charge in [-0.05, 0) is 12.1 Å². The van der Waals surface area contributed by atoms with Gasteiger partial charge < -0.3 is 5.32 Å². The first-order valence-electron chi connectivity index (χ1n) is 3.43. The maximum absolute atomic E-state index is 12.6. The summed E-state index contributed by atoms with van der Waals surface area (Å²) in [4.78, 5) is 11.0. The van der Waals surface area contributed by atoms with Gasteiger partial charge in [-0.15, -0.1) is 11.6 Å². The normalized spacial score (nSPS) is 20.5. The Morgan fingerprint density at radius 2 is 2.25 bits per heavy atom. The molecule has 0 aliphatic carbocycles. The van der Waals surface area contributed by atoms with Gasteiger partial charge in [0, 0.05) is 11.3 Å². The van der Waals surface area contributed by atoms with Gasteiger partial charge in [-0.3, -0.25) is 4.79 Å². The van der Waals surface area contributed by atoms with Gasteiger partial charge >= 0.3 is 0 Å². The molecule has 1 unspecified atom stereocenters. The van der Waals surface area contributed by atoms with Crippen molar-refractivity contribution in [1.29, 1.82) is 0 Å². The highest BCUT2D eigenvalue weighted by Crippen LogP contribution is 2.35. The smallest absolute Gasteiger partial charge is 0.247 e. The van der Waals surface area contributed by atoms with Crippen molar-refractivity contribution >= 4 is 23.2 Å². The zero-order valence-corrected chi connectivity index (χ0v) is 6.73. The minimum absolute atomic E-state index is 0.294. The number of hydrogen-bond acceptors (Lipinski definition) is 1. The molecule has 2 nitrogen and oxygen atoms in total. The molecule has 2 rings (SSSR count). The molecular weight excluding hydrogens is 181 g/mol. The van der Waals surface area contributed by atoms with Crippen LogP contribution in [0.15, 0.2) is 18.2 Å². The highest BCUT2D eigenvalue weighted by atomic mass is 35.5. The molecule has 1 N–H and O–H groups in total. The molecule has 0 bridgehead atoms. The van der Waals surface area contributed by atoms with Crippen LogP contribution in [0, 0.1) is 5.82 Å². The standard InChI is InChI=1S/C8H5ClFNO/c9-7-5-2-1-4(10)3-6(5)11-8(7)12/h1-3,7H,(H,11,12). The van der Waals surface area contributed by atoms with Gasteiger partial charge in [0.05, 0.1) is 0 Å². The molecule has 0 fully saturated rings. The lowest BCUT2D eigenvalue weighted by Crippen LogP contribution is -2.06. The number of amides is 1. The van der Waals surface area contributed by atoms with Crippen LogP contribution in [0.2, 0.25) is 0 Å². The Morgan fingerprint density at radius 1 is 1.50 bits per heavy atom. The number of carbonyl (C=O) groups excluding carboxylic acids is 1. The van der Waals surface area contributed by atoms with Crippen LogP contribution in [0.25, 0.3) is 0 Å².